The molecule has 1 atom stereocenters. The Labute approximate surface area is 97.1 Å². The Morgan fingerprint density at radius 2 is 2.00 bits per heavy atom. The van der Waals surface area contributed by atoms with Gasteiger partial charge in [-0.05, 0) is 19.1 Å². The van der Waals surface area contributed by atoms with Gasteiger partial charge in [-0.2, -0.15) is 0 Å². The predicted octanol–water partition coefficient (Wildman–Crippen LogP) is 1.27. The molecule has 84 valence electrons. The fourth-order valence-electron chi connectivity index (χ4n) is 1.80. The van der Waals surface area contributed by atoms with E-state index in [1.807, 2.05) is 0 Å². The van der Waals surface area contributed by atoms with Crippen molar-refractivity contribution in [1.82, 2.24) is 0 Å². The number of carbonyl (C=O) groups excluding carboxylic acids is 2. The lowest BCUT2D eigenvalue weighted by Gasteiger charge is -2.03. The van der Waals surface area contributed by atoms with Crippen LogP contribution in [0.5, 0.6) is 0 Å². The number of hydrogen-bond acceptors (Lipinski definition) is 4. The molecule has 0 fully saturated rings. The van der Waals surface area contributed by atoms with E-state index in [-0.39, 0.29) is 15.5 Å². The molecule has 1 heterocycles. The standard InChI is InChI=1S/C10H7ClO4S/c1-5(12)9-8(13)6-3-2-4-7(11)10(6)16(9,14)15/h2-4,9H,1H3. The molecule has 0 spiro atoms. The first-order valence-corrected chi connectivity index (χ1v) is 6.37. The normalized spacial score (nSPS) is 21.9. The van der Waals surface area contributed by atoms with Crippen LogP contribution in [0.4, 0.5) is 0 Å². The summed E-state index contributed by atoms with van der Waals surface area (Å²) in [4.78, 5) is 22.7. The van der Waals surface area contributed by atoms with Crippen molar-refractivity contribution in [3.63, 3.8) is 0 Å². The van der Waals surface area contributed by atoms with E-state index in [4.69, 9.17) is 11.6 Å². The molecule has 1 aliphatic rings. The first kappa shape index (κ1) is 11.3. The Kier molecular flexibility index (Phi) is 2.40. The molecule has 0 radical (unpaired) electrons. The van der Waals surface area contributed by atoms with Crippen LogP contribution in [-0.4, -0.2) is 25.2 Å². The van der Waals surface area contributed by atoms with Crippen molar-refractivity contribution in [2.75, 3.05) is 0 Å². The Bertz CT molecular complexity index is 603. The number of benzene rings is 1. The van der Waals surface area contributed by atoms with Crippen molar-refractivity contribution >= 4 is 33.0 Å². The van der Waals surface area contributed by atoms with Gasteiger partial charge >= 0.3 is 0 Å². The van der Waals surface area contributed by atoms with Crippen LogP contribution in [0.1, 0.15) is 17.3 Å². The molecule has 0 saturated heterocycles. The lowest BCUT2D eigenvalue weighted by molar-refractivity contribution is -0.115. The van der Waals surface area contributed by atoms with Gasteiger partial charge in [0.2, 0.25) is 0 Å². The fraction of sp³-hybridized carbons (Fsp3) is 0.200. The SMILES string of the molecule is CC(=O)C1C(=O)c2cccc(Cl)c2S1(=O)=O. The van der Waals surface area contributed by atoms with Crippen molar-refractivity contribution in [2.24, 2.45) is 0 Å². The van der Waals surface area contributed by atoms with Gasteiger partial charge in [0.25, 0.3) is 0 Å². The molecule has 6 heteroatoms. The van der Waals surface area contributed by atoms with Crippen molar-refractivity contribution in [3.05, 3.63) is 28.8 Å². The van der Waals surface area contributed by atoms with Gasteiger partial charge in [-0.15, -0.1) is 0 Å². The molecule has 0 aliphatic carbocycles. The van der Waals surface area contributed by atoms with Crippen LogP contribution >= 0.6 is 11.6 Å². The second-order valence-electron chi connectivity index (χ2n) is 3.52. The molecule has 0 amide bonds. The Morgan fingerprint density at radius 3 is 2.50 bits per heavy atom. The van der Waals surface area contributed by atoms with E-state index >= 15 is 0 Å². The molecule has 0 aromatic heterocycles. The van der Waals surface area contributed by atoms with Crippen molar-refractivity contribution in [2.45, 2.75) is 17.1 Å². The number of ketones is 2. The maximum absolute atomic E-state index is 11.9. The summed E-state index contributed by atoms with van der Waals surface area (Å²) in [6.07, 6.45) is 0. The van der Waals surface area contributed by atoms with Crippen LogP contribution in [0.2, 0.25) is 5.02 Å². The average Bonchev–Trinajstić information content (AvgIpc) is 2.35. The highest BCUT2D eigenvalue weighted by atomic mass is 35.5. The first-order chi connectivity index (χ1) is 7.37. The van der Waals surface area contributed by atoms with Crippen LogP contribution < -0.4 is 0 Å². The third kappa shape index (κ3) is 1.32. The Balaban J connectivity index is 2.83. The first-order valence-electron chi connectivity index (χ1n) is 4.44. The number of fused-ring (bicyclic) bond motifs is 1. The van der Waals surface area contributed by atoms with Crippen LogP contribution in [0.3, 0.4) is 0 Å². The molecule has 1 unspecified atom stereocenters. The molecule has 4 nitrogen and oxygen atoms in total. The van der Waals surface area contributed by atoms with E-state index in [1.165, 1.54) is 18.2 Å². The highest BCUT2D eigenvalue weighted by Gasteiger charge is 2.48. The van der Waals surface area contributed by atoms with E-state index < -0.39 is 26.7 Å². The summed E-state index contributed by atoms with van der Waals surface area (Å²) >= 11 is 5.75. The van der Waals surface area contributed by atoms with Crippen molar-refractivity contribution in [3.8, 4) is 0 Å². The summed E-state index contributed by atoms with van der Waals surface area (Å²) in [5.41, 5.74) is 0.00713. The van der Waals surface area contributed by atoms with Gasteiger partial charge < -0.3 is 0 Å². The number of Topliss-reactive ketones (excluding diaryl/α,β-unsaturated/α-hetero) is 2. The highest BCUT2D eigenvalue weighted by Crippen LogP contribution is 2.36. The van der Waals surface area contributed by atoms with E-state index in [0.717, 1.165) is 6.92 Å². The summed E-state index contributed by atoms with van der Waals surface area (Å²) in [7, 11) is -3.96. The molecule has 2 rings (SSSR count). The third-order valence-electron chi connectivity index (χ3n) is 2.43. The minimum absolute atomic E-state index is 0.00713. The number of rotatable bonds is 1. The molecule has 1 aliphatic heterocycles. The lowest BCUT2D eigenvalue weighted by Crippen LogP contribution is -2.30. The summed E-state index contributed by atoms with van der Waals surface area (Å²) in [5.74, 6) is -1.37. The summed E-state index contributed by atoms with van der Waals surface area (Å²) in [6, 6.07) is 4.23. The zero-order chi connectivity index (χ0) is 12.1. The van der Waals surface area contributed by atoms with Gasteiger partial charge in [-0.3, -0.25) is 9.59 Å². The second-order valence-corrected chi connectivity index (χ2v) is 5.89. The van der Waals surface area contributed by atoms with Gasteiger partial charge in [0, 0.05) is 5.56 Å². The minimum Gasteiger partial charge on any atom is -0.298 e. The monoisotopic (exact) mass is 258 g/mol. The van der Waals surface area contributed by atoms with E-state index in [2.05, 4.69) is 0 Å². The van der Waals surface area contributed by atoms with Crippen LogP contribution in [0.25, 0.3) is 0 Å². The van der Waals surface area contributed by atoms with Gasteiger partial charge in [-0.1, -0.05) is 17.7 Å². The van der Waals surface area contributed by atoms with Crippen molar-refractivity contribution < 1.29 is 18.0 Å². The summed E-state index contributed by atoms with van der Waals surface area (Å²) < 4.78 is 23.9. The molecule has 0 bridgehead atoms. The molecular formula is C10H7ClO4S. The van der Waals surface area contributed by atoms with Crippen LogP contribution in [-0.2, 0) is 14.6 Å². The van der Waals surface area contributed by atoms with Gasteiger partial charge in [0.05, 0.1) is 9.92 Å². The largest absolute Gasteiger partial charge is 0.298 e. The van der Waals surface area contributed by atoms with E-state index in [1.54, 1.807) is 0 Å². The molecule has 0 saturated carbocycles. The Hall–Kier alpha value is -1.20. The molecule has 1 aromatic carbocycles. The maximum Gasteiger partial charge on any atom is 0.198 e. The number of carbonyl (C=O) groups is 2. The average molecular weight is 259 g/mol. The number of halogens is 1. The molecule has 0 N–H and O–H groups in total. The third-order valence-corrected chi connectivity index (χ3v) is 5.04. The second kappa shape index (κ2) is 3.40. The van der Waals surface area contributed by atoms with Gasteiger partial charge in [-0.25, -0.2) is 8.42 Å². The van der Waals surface area contributed by atoms with Gasteiger partial charge in [0.1, 0.15) is 0 Å². The predicted molar refractivity (Wildman–Crippen MR) is 57.4 cm³/mol. The van der Waals surface area contributed by atoms with Crippen LogP contribution in [0, 0.1) is 0 Å². The highest BCUT2D eigenvalue weighted by molar-refractivity contribution is 7.94. The zero-order valence-electron chi connectivity index (χ0n) is 8.23. The lowest BCUT2D eigenvalue weighted by atomic mass is 10.1. The summed E-state index contributed by atoms with van der Waals surface area (Å²) in [6.45, 7) is 1.08. The molecule has 16 heavy (non-hydrogen) atoms. The molecule has 1 aromatic rings. The number of sulfone groups is 1. The van der Waals surface area contributed by atoms with Crippen molar-refractivity contribution in [1.29, 1.82) is 0 Å². The number of hydrogen-bond donors (Lipinski definition) is 0. The van der Waals surface area contributed by atoms with Crippen LogP contribution in [0.15, 0.2) is 23.1 Å². The van der Waals surface area contributed by atoms with E-state index in [0.29, 0.717) is 0 Å². The fourth-order valence-corrected chi connectivity index (χ4v) is 4.19. The topological polar surface area (TPSA) is 68.3 Å². The van der Waals surface area contributed by atoms with Gasteiger partial charge in [0.15, 0.2) is 26.7 Å². The smallest absolute Gasteiger partial charge is 0.198 e. The maximum atomic E-state index is 11.9. The molecular weight excluding hydrogens is 252 g/mol. The Morgan fingerprint density at radius 1 is 1.38 bits per heavy atom. The minimum atomic E-state index is -3.96. The van der Waals surface area contributed by atoms with E-state index in [9.17, 15) is 18.0 Å². The zero-order valence-corrected chi connectivity index (χ0v) is 9.80. The summed E-state index contributed by atoms with van der Waals surface area (Å²) in [5, 5.41) is -1.64. The quantitative estimate of drug-likeness (QED) is 0.712.